The summed E-state index contributed by atoms with van der Waals surface area (Å²) in [5.74, 6) is 2.05. The SMILES string of the molecule is c1ncc2nc(-c3ccc4c(c3)CCS4)[nH]c2n1. The number of aromatic amines is 1. The molecule has 0 spiro atoms. The summed E-state index contributed by atoms with van der Waals surface area (Å²) in [4.78, 5) is 17.3. The average molecular weight is 254 g/mol. The number of aromatic nitrogens is 4. The second-order valence-corrected chi connectivity index (χ2v) is 5.40. The molecular formula is C13H10N4S. The first-order chi connectivity index (χ1) is 8.90. The number of hydrogen-bond donors (Lipinski definition) is 1. The molecule has 0 saturated carbocycles. The Morgan fingerprint density at radius 3 is 3.22 bits per heavy atom. The predicted molar refractivity (Wildman–Crippen MR) is 71.5 cm³/mol. The number of fused-ring (bicyclic) bond motifs is 2. The molecule has 3 heterocycles. The highest BCUT2D eigenvalue weighted by Crippen LogP contribution is 2.33. The highest BCUT2D eigenvalue weighted by Gasteiger charge is 2.13. The lowest BCUT2D eigenvalue weighted by Gasteiger charge is -2.00. The maximum atomic E-state index is 4.52. The molecule has 0 radical (unpaired) electrons. The van der Waals surface area contributed by atoms with Crippen LogP contribution in [0.5, 0.6) is 0 Å². The Kier molecular flexibility index (Phi) is 2.14. The number of rotatable bonds is 1. The van der Waals surface area contributed by atoms with Gasteiger partial charge in [0.15, 0.2) is 5.65 Å². The molecule has 1 aliphatic rings. The van der Waals surface area contributed by atoms with Gasteiger partial charge in [-0.1, -0.05) is 6.07 Å². The third kappa shape index (κ3) is 1.51. The summed E-state index contributed by atoms with van der Waals surface area (Å²) in [6.45, 7) is 0. The number of nitrogens with zero attached hydrogens (tertiary/aromatic N) is 3. The van der Waals surface area contributed by atoms with Gasteiger partial charge in [0.2, 0.25) is 0 Å². The largest absolute Gasteiger partial charge is 0.323 e. The first kappa shape index (κ1) is 10.1. The summed E-state index contributed by atoms with van der Waals surface area (Å²) in [6, 6.07) is 6.52. The third-order valence-corrected chi connectivity index (χ3v) is 4.24. The van der Waals surface area contributed by atoms with Crippen molar-refractivity contribution in [2.45, 2.75) is 11.3 Å². The number of H-pyrrole nitrogens is 1. The van der Waals surface area contributed by atoms with Crippen molar-refractivity contribution in [2.24, 2.45) is 0 Å². The fourth-order valence-corrected chi connectivity index (χ4v) is 3.28. The van der Waals surface area contributed by atoms with Crippen LogP contribution in [0.15, 0.2) is 35.6 Å². The van der Waals surface area contributed by atoms with Gasteiger partial charge < -0.3 is 4.98 Å². The molecule has 88 valence electrons. The quantitative estimate of drug-likeness (QED) is 0.725. The molecule has 4 nitrogen and oxygen atoms in total. The monoisotopic (exact) mass is 254 g/mol. The highest BCUT2D eigenvalue weighted by molar-refractivity contribution is 7.99. The Morgan fingerprint density at radius 1 is 1.28 bits per heavy atom. The molecule has 18 heavy (non-hydrogen) atoms. The number of aryl methyl sites for hydroxylation is 1. The second-order valence-electron chi connectivity index (χ2n) is 4.26. The Labute approximate surface area is 108 Å². The number of thioether (sulfide) groups is 1. The highest BCUT2D eigenvalue weighted by atomic mass is 32.2. The lowest BCUT2D eigenvalue weighted by atomic mass is 10.1. The standard InChI is InChI=1S/C13H10N4S/c1-2-11-8(3-4-18-11)5-9(1)12-16-10-6-14-7-15-13(10)17-12/h1-2,5-7H,3-4H2,(H,14,15,16,17). The van der Waals surface area contributed by atoms with E-state index >= 15 is 0 Å². The maximum absolute atomic E-state index is 4.52. The van der Waals surface area contributed by atoms with Crippen LogP contribution in [0.3, 0.4) is 0 Å². The van der Waals surface area contributed by atoms with Gasteiger partial charge in [-0.15, -0.1) is 11.8 Å². The summed E-state index contributed by atoms with van der Waals surface area (Å²) >= 11 is 1.92. The molecule has 0 amide bonds. The molecule has 0 unspecified atom stereocenters. The van der Waals surface area contributed by atoms with Gasteiger partial charge in [-0.05, 0) is 24.1 Å². The van der Waals surface area contributed by atoms with Gasteiger partial charge in [0.1, 0.15) is 17.7 Å². The van der Waals surface area contributed by atoms with Crippen LogP contribution in [0.2, 0.25) is 0 Å². The zero-order valence-corrected chi connectivity index (χ0v) is 10.4. The van der Waals surface area contributed by atoms with Gasteiger partial charge in [-0.2, -0.15) is 0 Å². The Hall–Kier alpha value is -1.88. The lowest BCUT2D eigenvalue weighted by Crippen LogP contribution is -1.85. The average Bonchev–Trinajstić information content (AvgIpc) is 3.04. The molecule has 0 saturated heterocycles. The van der Waals surface area contributed by atoms with E-state index in [9.17, 15) is 0 Å². The van der Waals surface area contributed by atoms with Crippen molar-refractivity contribution in [1.29, 1.82) is 0 Å². The van der Waals surface area contributed by atoms with Crippen LogP contribution in [0, 0.1) is 0 Å². The van der Waals surface area contributed by atoms with Crippen molar-refractivity contribution in [1.82, 2.24) is 19.9 Å². The summed E-state index contributed by atoms with van der Waals surface area (Å²) in [7, 11) is 0. The molecule has 3 aromatic rings. The van der Waals surface area contributed by atoms with Gasteiger partial charge in [0, 0.05) is 16.2 Å². The van der Waals surface area contributed by atoms with Crippen LogP contribution in [0.4, 0.5) is 0 Å². The Balaban J connectivity index is 1.86. The van der Waals surface area contributed by atoms with Crippen LogP contribution >= 0.6 is 11.8 Å². The predicted octanol–water partition coefficient (Wildman–Crippen LogP) is 2.67. The van der Waals surface area contributed by atoms with E-state index in [1.54, 1.807) is 6.20 Å². The van der Waals surface area contributed by atoms with Gasteiger partial charge >= 0.3 is 0 Å². The van der Waals surface area contributed by atoms with E-state index < -0.39 is 0 Å². The number of nitrogens with one attached hydrogen (secondary N) is 1. The number of benzene rings is 1. The molecule has 1 N–H and O–H groups in total. The van der Waals surface area contributed by atoms with Crippen LogP contribution in [0.1, 0.15) is 5.56 Å². The topological polar surface area (TPSA) is 54.5 Å². The number of imidazole rings is 1. The summed E-state index contributed by atoms with van der Waals surface area (Å²) in [5.41, 5.74) is 4.13. The van der Waals surface area contributed by atoms with Gasteiger partial charge in [-0.25, -0.2) is 15.0 Å². The minimum Gasteiger partial charge on any atom is -0.323 e. The van der Waals surface area contributed by atoms with Crippen LogP contribution < -0.4 is 0 Å². The lowest BCUT2D eigenvalue weighted by molar-refractivity contribution is 1.14. The van der Waals surface area contributed by atoms with Crippen molar-refractivity contribution in [3.8, 4) is 11.4 Å². The van der Waals surface area contributed by atoms with Crippen molar-refractivity contribution in [2.75, 3.05) is 5.75 Å². The van der Waals surface area contributed by atoms with Gasteiger partial charge in [0.25, 0.3) is 0 Å². The molecule has 0 aliphatic carbocycles. The van der Waals surface area contributed by atoms with E-state index in [0.29, 0.717) is 0 Å². The normalized spacial score (nSPS) is 14.0. The van der Waals surface area contributed by atoms with Crippen LogP contribution in [0.25, 0.3) is 22.6 Å². The molecule has 1 aromatic carbocycles. The van der Waals surface area contributed by atoms with E-state index in [2.05, 4.69) is 38.1 Å². The van der Waals surface area contributed by atoms with Gasteiger partial charge in [-0.3, -0.25) is 0 Å². The Morgan fingerprint density at radius 2 is 2.28 bits per heavy atom. The summed E-state index contributed by atoms with van der Waals surface area (Å²) in [6.07, 6.45) is 4.41. The van der Waals surface area contributed by atoms with E-state index in [-0.39, 0.29) is 0 Å². The minimum absolute atomic E-state index is 0.787. The number of hydrogen-bond acceptors (Lipinski definition) is 4. The van der Waals surface area contributed by atoms with Crippen molar-refractivity contribution < 1.29 is 0 Å². The van der Waals surface area contributed by atoms with Crippen LogP contribution in [-0.4, -0.2) is 25.7 Å². The first-order valence-electron chi connectivity index (χ1n) is 5.82. The summed E-state index contributed by atoms with van der Waals surface area (Å²) in [5, 5.41) is 0. The zero-order valence-electron chi connectivity index (χ0n) is 9.55. The Bertz CT molecular complexity index is 702. The maximum Gasteiger partial charge on any atom is 0.161 e. The zero-order chi connectivity index (χ0) is 11.9. The molecule has 0 fully saturated rings. The van der Waals surface area contributed by atoms with Crippen molar-refractivity contribution in [3.63, 3.8) is 0 Å². The van der Waals surface area contributed by atoms with E-state index in [1.165, 1.54) is 22.5 Å². The third-order valence-electron chi connectivity index (χ3n) is 3.12. The minimum atomic E-state index is 0.787. The molecule has 5 heteroatoms. The smallest absolute Gasteiger partial charge is 0.161 e. The van der Waals surface area contributed by atoms with Crippen LogP contribution in [-0.2, 0) is 6.42 Å². The fraction of sp³-hybridized carbons (Fsp3) is 0.154. The summed E-state index contributed by atoms with van der Waals surface area (Å²) < 4.78 is 0. The molecule has 0 atom stereocenters. The van der Waals surface area contributed by atoms with Crippen molar-refractivity contribution in [3.05, 3.63) is 36.3 Å². The second kappa shape index (κ2) is 3.81. The molecule has 0 bridgehead atoms. The van der Waals surface area contributed by atoms with E-state index in [1.807, 2.05) is 11.8 Å². The van der Waals surface area contributed by atoms with E-state index in [4.69, 9.17) is 0 Å². The molecule has 2 aromatic heterocycles. The molecule has 1 aliphatic heterocycles. The van der Waals surface area contributed by atoms with Crippen molar-refractivity contribution >= 4 is 22.9 Å². The molecular weight excluding hydrogens is 244 g/mol. The fourth-order valence-electron chi connectivity index (χ4n) is 2.23. The van der Waals surface area contributed by atoms with E-state index in [0.717, 1.165) is 29.0 Å². The first-order valence-corrected chi connectivity index (χ1v) is 6.80. The van der Waals surface area contributed by atoms with Gasteiger partial charge in [0.05, 0.1) is 6.20 Å². The molecule has 4 rings (SSSR count).